The zero-order valence-electron chi connectivity index (χ0n) is 19.1. The predicted octanol–water partition coefficient (Wildman–Crippen LogP) is 5.18. The van der Waals surface area contributed by atoms with Crippen LogP contribution in [0.25, 0.3) is 0 Å². The van der Waals surface area contributed by atoms with Crippen LogP contribution in [-0.4, -0.2) is 49.0 Å². The Hall–Kier alpha value is -2.31. The average Bonchev–Trinajstić information content (AvgIpc) is 2.87. The summed E-state index contributed by atoms with van der Waals surface area (Å²) in [4.78, 5) is 3.33. The Morgan fingerprint density at radius 1 is 0.879 bits per heavy atom. The van der Waals surface area contributed by atoms with Gasteiger partial charge in [-0.2, -0.15) is 0 Å². The molecule has 0 fully saturated rings. The minimum Gasteiger partial charge on any atom is -0.492 e. The minimum absolute atomic E-state index is 0.279. The number of hydrogen-bond donors (Lipinski definition) is 1. The fraction of sp³-hybridized carbons (Fsp3) is 0.357. The molecule has 33 heavy (non-hydrogen) atoms. The van der Waals surface area contributed by atoms with E-state index in [-0.39, 0.29) is 6.61 Å². The number of rotatable bonds is 12. The van der Waals surface area contributed by atoms with E-state index < -0.39 is 6.10 Å². The fourth-order valence-corrected chi connectivity index (χ4v) is 4.86. The Labute approximate surface area is 201 Å². The topological polar surface area (TPSA) is 41.9 Å². The first-order valence-corrected chi connectivity index (χ1v) is 12.5. The normalized spacial score (nSPS) is 14.0. The van der Waals surface area contributed by atoms with Gasteiger partial charge in [-0.25, -0.2) is 0 Å². The van der Waals surface area contributed by atoms with Gasteiger partial charge in [-0.1, -0.05) is 72.8 Å². The van der Waals surface area contributed by atoms with Crippen LogP contribution in [-0.2, 0) is 23.4 Å². The maximum Gasteiger partial charge on any atom is 0.138 e. The molecule has 4 nitrogen and oxygen atoms in total. The van der Waals surface area contributed by atoms with Crippen molar-refractivity contribution >= 4 is 12.0 Å². The molecule has 5 heteroatoms. The molecule has 0 amide bonds. The lowest BCUT2D eigenvalue weighted by Gasteiger charge is -2.25. The zero-order valence-corrected chi connectivity index (χ0v) is 19.9. The maximum absolute atomic E-state index is 10.7. The molecule has 1 atom stereocenters. The summed E-state index contributed by atoms with van der Waals surface area (Å²) in [5.41, 5.74) is 3.87. The van der Waals surface area contributed by atoms with Crippen LogP contribution < -0.4 is 4.74 Å². The largest absolute Gasteiger partial charge is 0.492 e. The highest BCUT2D eigenvalue weighted by Crippen LogP contribution is 2.36. The van der Waals surface area contributed by atoms with E-state index >= 15 is 0 Å². The second kappa shape index (κ2) is 12.8. The molecule has 1 aliphatic rings. The van der Waals surface area contributed by atoms with E-state index in [1.165, 1.54) is 28.7 Å². The monoisotopic (exact) mass is 463 g/mol. The van der Waals surface area contributed by atoms with E-state index in [1.54, 1.807) is 0 Å². The number of aryl methyl sites for hydroxylation is 1. The molecule has 174 valence electrons. The number of fused-ring (bicyclic) bond motifs is 1. The van der Waals surface area contributed by atoms with E-state index in [0.717, 1.165) is 56.0 Å². The second-order valence-corrected chi connectivity index (χ2v) is 9.33. The molecular weight excluding hydrogens is 430 g/mol. The van der Waals surface area contributed by atoms with Crippen molar-refractivity contribution in [2.75, 3.05) is 32.8 Å². The first-order chi connectivity index (χ1) is 16.3. The Bertz CT molecular complexity index is 924. The summed E-state index contributed by atoms with van der Waals surface area (Å²) in [6.45, 7) is 3.43. The third-order valence-electron chi connectivity index (χ3n) is 5.89. The Kier molecular flexibility index (Phi) is 9.25. The van der Waals surface area contributed by atoms with Crippen molar-refractivity contribution in [2.24, 2.45) is 0 Å². The average molecular weight is 464 g/mol. The van der Waals surface area contributed by atoms with Crippen LogP contribution in [0.5, 0.6) is 5.75 Å². The molecule has 0 saturated carbocycles. The predicted molar refractivity (Wildman–Crippen MR) is 135 cm³/mol. The number of para-hydroxylation sites is 1. The van der Waals surface area contributed by atoms with E-state index in [2.05, 4.69) is 59.5 Å². The molecule has 1 unspecified atom stereocenters. The first kappa shape index (κ1) is 23.8. The summed E-state index contributed by atoms with van der Waals surface area (Å²) in [5.74, 6) is 0.940. The Morgan fingerprint density at radius 2 is 1.55 bits per heavy atom. The van der Waals surface area contributed by atoms with Gasteiger partial charge in [0.1, 0.15) is 5.75 Å². The second-order valence-electron chi connectivity index (χ2n) is 8.49. The van der Waals surface area contributed by atoms with Gasteiger partial charge >= 0.3 is 0 Å². The third-order valence-corrected chi connectivity index (χ3v) is 6.65. The molecule has 0 aromatic heterocycles. The highest BCUT2D eigenvalue weighted by atomic mass is 32.2. The van der Waals surface area contributed by atoms with Gasteiger partial charge in [0.05, 0.1) is 24.2 Å². The Morgan fingerprint density at radius 3 is 2.21 bits per heavy atom. The maximum atomic E-state index is 10.7. The van der Waals surface area contributed by atoms with Crippen molar-refractivity contribution in [3.05, 3.63) is 95.6 Å². The molecule has 0 bridgehead atoms. The molecule has 4 rings (SSSR count). The summed E-state index contributed by atoms with van der Waals surface area (Å²) in [7, 11) is 0. The van der Waals surface area contributed by atoms with Crippen LogP contribution in [0.15, 0.2) is 83.8 Å². The lowest BCUT2D eigenvalue weighted by molar-refractivity contribution is 0.0760. The number of benzene rings is 3. The van der Waals surface area contributed by atoms with E-state index in [1.807, 2.05) is 24.3 Å². The van der Waals surface area contributed by atoms with Crippen molar-refractivity contribution in [2.45, 2.75) is 36.7 Å². The summed E-state index contributed by atoms with van der Waals surface area (Å²) in [6.07, 6.45) is 3.48. The summed E-state index contributed by atoms with van der Waals surface area (Å²) in [5, 5.41) is 10.7. The first-order valence-electron chi connectivity index (χ1n) is 11.8. The van der Waals surface area contributed by atoms with Crippen LogP contribution in [0.2, 0.25) is 0 Å². The fourth-order valence-electron chi connectivity index (χ4n) is 4.11. The highest BCUT2D eigenvalue weighted by Gasteiger charge is 2.17. The number of hydrogen-bond acceptors (Lipinski definition) is 5. The van der Waals surface area contributed by atoms with Crippen molar-refractivity contribution < 1.29 is 14.0 Å². The van der Waals surface area contributed by atoms with Gasteiger partial charge < -0.3 is 18.9 Å². The van der Waals surface area contributed by atoms with Gasteiger partial charge in [-0.05, 0) is 48.4 Å². The standard InChI is InChI=1S/C28H33NO3S/c30-26(22-32-33-27-15-7-13-25-14-8-20-31-28(25)27)21-29(18-16-23-9-3-1-4-10-23)19-17-24-11-5-2-6-12-24/h1-7,9-13,15,26,30H,8,14,16-22H2. The van der Waals surface area contributed by atoms with Crippen molar-refractivity contribution in [3.63, 3.8) is 0 Å². The lowest BCUT2D eigenvalue weighted by atomic mass is 10.1. The molecule has 0 saturated heterocycles. The van der Waals surface area contributed by atoms with Gasteiger partial charge in [0.2, 0.25) is 0 Å². The molecular formula is C28H33NO3S. The van der Waals surface area contributed by atoms with Crippen LogP contribution in [0.3, 0.4) is 0 Å². The van der Waals surface area contributed by atoms with Gasteiger partial charge in [0.25, 0.3) is 0 Å². The quantitative estimate of drug-likeness (QED) is 0.375. The minimum atomic E-state index is -0.551. The number of aliphatic hydroxyl groups is 1. The number of nitrogens with zero attached hydrogens (tertiary/aromatic N) is 1. The van der Waals surface area contributed by atoms with E-state index in [4.69, 9.17) is 8.92 Å². The van der Waals surface area contributed by atoms with Crippen molar-refractivity contribution in [1.29, 1.82) is 0 Å². The van der Waals surface area contributed by atoms with Gasteiger partial charge in [-0.15, -0.1) is 0 Å². The molecule has 0 spiro atoms. The van der Waals surface area contributed by atoms with Crippen LogP contribution >= 0.6 is 12.0 Å². The van der Waals surface area contributed by atoms with Crippen LogP contribution in [0, 0.1) is 0 Å². The highest BCUT2D eigenvalue weighted by molar-refractivity contribution is 7.94. The smallest absolute Gasteiger partial charge is 0.138 e. The molecule has 0 aliphatic carbocycles. The van der Waals surface area contributed by atoms with E-state index in [9.17, 15) is 5.11 Å². The summed E-state index contributed by atoms with van der Waals surface area (Å²) >= 11 is 1.31. The van der Waals surface area contributed by atoms with Crippen molar-refractivity contribution in [3.8, 4) is 5.75 Å². The van der Waals surface area contributed by atoms with Crippen LogP contribution in [0.4, 0.5) is 0 Å². The molecule has 1 heterocycles. The molecule has 1 aliphatic heterocycles. The summed E-state index contributed by atoms with van der Waals surface area (Å²) < 4.78 is 11.7. The zero-order chi connectivity index (χ0) is 22.7. The van der Waals surface area contributed by atoms with Gasteiger partial charge in [-0.3, -0.25) is 0 Å². The van der Waals surface area contributed by atoms with Gasteiger partial charge in [0, 0.05) is 31.7 Å². The molecule has 3 aromatic rings. The number of aliphatic hydroxyl groups excluding tert-OH is 1. The molecule has 1 N–H and O–H groups in total. The van der Waals surface area contributed by atoms with Gasteiger partial charge in [0.15, 0.2) is 0 Å². The van der Waals surface area contributed by atoms with E-state index in [0.29, 0.717) is 6.54 Å². The number of ether oxygens (including phenoxy) is 1. The summed E-state index contributed by atoms with van der Waals surface area (Å²) in [6, 6.07) is 27.2. The lowest BCUT2D eigenvalue weighted by Crippen LogP contribution is -2.37. The van der Waals surface area contributed by atoms with Crippen molar-refractivity contribution in [1.82, 2.24) is 4.90 Å². The molecule has 3 aromatic carbocycles. The third kappa shape index (κ3) is 7.61. The SMILES string of the molecule is OC(COSc1cccc2c1OCCC2)CN(CCc1ccccc1)CCc1ccccc1. The van der Waals surface area contributed by atoms with Crippen LogP contribution in [0.1, 0.15) is 23.1 Å². The Balaban J connectivity index is 1.28. The molecule has 0 radical (unpaired) electrons.